The zero-order valence-electron chi connectivity index (χ0n) is 11.2. The van der Waals surface area contributed by atoms with Crippen molar-refractivity contribution in [3.8, 4) is 5.75 Å². The van der Waals surface area contributed by atoms with Crippen molar-refractivity contribution in [1.29, 1.82) is 0 Å². The molecule has 0 saturated carbocycles. The minimum atomic E-state index is -1.07. The number of carbonyl (C=O) groups is 1. The Morgan fingerprint density at radius 3 is 2.30 bits per heavy atom. The first kappa shape index (κ1) is 13.7. The Bertz CT molecular complexity index is 694. The van der Waals surface area contributed by atoms with Crippen molar-refractivity contribution in [1.82, 2.24) is 0 Å². The third-order valence-electron chi connectivity index (χ3n) is 2.99. The van der Waals surface area contributed by atoms with Crippen molar-refractivity contribution in [2.24, 2.45) is 10.2 Å². The molecule has 20 heavy (non-hydrogen) atoms. The standard InChI is InChI=1S/C15H14N2O3/c1-9-7-13(14(18)8-10(9)2)17-16-12-6-4-3-5-11(12)15(19)20/h3-8,18H,1-2H3,(H,19,20). The van der Waals surface area contributed by atoms with E-state index in [0.717, 1.165) is 11.1 Å². The Labute approximate surface area is 116 Å². The van der Waals surface area contributed by atoms with Crippen LogP contribution in [0, 0.1) is 13.8 Å². The van der Waals surface area contributed by atoms with Gasteiger partial charge in [0.15, 0.2) is 0 Å². The van der Waals surface area contributed by atoms with E-state index in [1.54, 1.807) is 30.3 Å². The highest BCUT2D eigenvalue weighted by Crippen LogP contribution is 2.31. The number of nitrogens with zero attached hydrogens (tertiary/aromatic N) is 2. The molecule has 2 aromatic carbocycles. The lowest BCUT2D eigenvalue weighted by Gasteiger charge is -2.04. The normalized spacial score (nSPS) is 10.9. The molecule has 0 amide bonds. The predicted octanol–water partition coefficient (Wildman–Crippen LogP) is 4.12. The van der Waals surface area contributed by atoms with E-state index in [1.165, 1.54) is 6.07 Å². The third-order valence-corrected chi connectivity index (χ3v) is 2.99. The summed E-state index contributed by atoms with van der Waals surface area (Å²) < 4.78 is 0. The summed E-state index contributed by atoms with van der Waals surface area (Å²) in [5.74, 6) is -1.05. The van der Waals surface area contributed by atoms with Crippen molar-refractivity contribution in [3.63, 3.8) is 0 Å². The second-order valence-corrected chi connectivity index (χ2v) is 4.45. The highest BCUT2D eigenvalue weighted by molar-refractivity contribution is 5.93. The quantitative estimate of drug-likeness (QED) is 0.823. The van der Waals surface area contributed by atoms with Gasteiger partial charge in [0.2, 0.25) is 0 Å². The number of hydrogen-bond donors (Lipinski definition) is 2. The number of carboxylic acids is 1. The van der Waals surface area contributed by atoms with E-state index >= 15 is 0 Å². The van der Waals surface area contributed by atoms with Gasteiger partial charge >= 0.3 is 5.97 Å². The molecule has 0 radical (unpaired) electrons. The Balaban J connectivity index is 2.40. The lowest BCUT2D eigenvalue weighted by atomic mass is 10.1. The van der Waals surface area contributed by atoms with Gasteiger partial charge in [-0.3, -0.25) is 0 Å². The third kappa shape index (κ3) is 2.83. The molecule has 2 aromatic rings. The van der Waals surface area contributed by atoms with Crippen LogP contribution in [-0.2, 0) is 0 Å². The van der Waals surface area contributed by atoms with E-state index in [0.29, 0.717) is 5.69 Å². The number of rotatable bonds is 3. The van der Waals surface area contributed by atoms with Gasteiger partial charge in [-0.25, -0.2) is 4.79 Å². The van der Waals surface area contributed by atoms with Crippen LogP contribution >= 0.6 is 0 Å². The molecule has 5 heteroatoms. The first-order chi connectivity index (χ1) is 9.49. The molecule has 0 fully saturated rings. The Morgan fingerprint density at radius 1 is 1.00 bits per heavy atom. The van der Waals surface area contributed by atoms with Gasteiger partial charge in [-0.1, -0.05) is 12.1 Å². The van der Waals surface area contributed by atoms with E-state index in [-0.39, 0.29) is 17.0 Å². The second kappa shape index (κ2) is 5.52. The minimum Gasteiger partial charge on any atom is -0.506 e. The molecular formula is C15H14N2O3. The van der Waals surface area contributed by atoms with Crippen LogP contribution in [0.4, 0.5) is 11.4 Å². The maximum absolute atomic E-state index is 11.0. The summed E-state index contributed by atoms with van der Waals surface area (Å²) in [7, 11) is 0. The summed E-state index contributed by atoms with van der Waals surface area (Å²) in [6.07, 6.45) is 0. The molecule has 0 heterocycles. The van der Waals surface area contributed by atoms with Gasteiger partial charge in [0.05, 0.1) is 5.56 Å². The monoisotopic (exact) mass is 270 g/mol. The molecule has 0 aliphatic rings. The summed E-state index contributed by atoms with van der Waals surface area (Å²) in [5.41, 5.74) is 2.56. The van der Waals surface area contributed by atoms with Gasteiger partial charge in [-0.2, -0.15) is 0 Å². The summed E-state index contributed by atoms with van der Waals surface area (Å²) >= 11 is 0. The largest absolute Gasteiger partial charge is 0.506 e. The number of aromatic carboxylic acids is 1. The van der Waals surface area contributed by atoms with E-state index < -0.39 is 5.97 Å². The van der Waals surface area contributed by atoms with Crippen LogP contribution in [0.2, 0.25) is 0 Å². The molecule has 0 bridgehead atoms. The van der Waals surface area contributed by atoms with Crippen molar-refractivity contribution in [3.05, 3.63) is 53.1 Å². The van der Waals surface area contributed by atoms with Crippen LogP contribution in [0.25, 0.3) is 0 Å². The molecule has 2 N–H and O–H groups in total. The van der Waals surface area contributed by atoms with Crippen LogP contribution < -0.4 is 0 Å². The van der Waals surface area contributed by atoms with Crippen molar-refractivity contribution in [2.75, 3.05) is 0 Å². The number of benzene rings is 2. The van der Waals surface area contributed by atoms with Crippen LogP contribution in [0.3, 0.4) is 0 Å². The molecule has 0 atom stereocenters. The molecule has 0 saturated heterocycles. The molecule has 0 aromatic heterocycles. The number of carboxylic acid groups (broad SMARTS) is 1. The van der Waals surface area contributed by atoms with Crippen molar-refractivity contribution >= 4 is 17.3 Å². The van der Waals surface area contributed by atoms with Crippen LogP contribution in [-0.4, -0.2) is 16.2 Å². The molecule has 2 rings (SSSR count). The summed E-state index contributed by atoms with van der Waals surface area (Å²) in [5, 5.41) is 26.7. The van der Waals surface area contributed by atoms with Gasteiger partial charge in [0, 0.05) is 0 Å². The second-order valence-electron chi connectivity index (χ2n) is 4.45. The van der Waals surface area contributed by atoms with Crippen LogP contribution in [0.1, 0.15) is 21.5 Å². The highest BCUT2D eigenvalue weighted by atomic mass is 16.4. The minimum absolute atomic E-state index is 0.0182. The number of azo groups is 1. The summed E-state index contributed by atoms with van der Waals surface area (Å²) in [4.78, 5) is 11.0. The Morgan fingerprint density at radius 2 is 1.60 bits per heavy atom. The van der Waals surface area contributed by atoms with Gasteiger partial charge in [-0.15, -0.1) is 10.2 Å². The molecule has 5 nitrogen and oxygen atoms in total. The average molecular weight is 270 g/mol. The molecule has 0 spiro atoms. The van der Waals surface area contributed by atoms with Crippen molar-refractivity contribution < 1.29 is 15.0 Å². The predicted molar refractivity (Wildman–Crippen MR) is 75.2 cm³/mol. The van der Waals surface area contributed by atoms with E-state index in [4.69, 9.17) is 5.11 Å². The Hall–Kier alpha value is -2.69. The number of aromatic hydroxyl groups is 1. The van der Waals surface area contributed by atoms with Gasteiger partial charge in [-0.05, 0) is 49.2 Å². The molecule has 0 aliphatic carbocycles. The maximum atomic E-state index is 11.0. The lowest BCUT2D eigenvalue weighted by Crippen LogP contribution is -1.95. The number of hydrogen-bond acceptors (Lipinski definition) is 4. The molecule has 102 valence electrons. The summed E-state index contributed by atoms with van der Waals surface area (Å²) in [6, 6.07) is 9.63. The SMILES string of the molecule is Cc1cc(O)c(N=Nc2ccccc2C(=O)O)cc1C. The average Bonchev–Trinajstić information content (AvgIpc) is 2.41. The molecule has 0 unspecified atom stereocenters. The fourth-order valence-corrected chi connectivity index (χ4v) is 1.72. The van der Waals surface area contributed by atoms with Crippen LogP contribution in [0.15, 0.2) is 46.6 Å². The van der Waals surface area contributed by atoms with E-state index in [1.807, 2.05) is 13.8 Å². The van der Waals surface area contributed by atoms with Gasteiger partial charge in [0.25, 0.3) is 0 Å². The van der Waals surface area contributed by atoms with Crippen LogP contribution in [0.5, 0.6) is 5.75 Å². The first-order valence-corrected chi connectivity index (χ1v) is 6.03. The maximum Gasteiger partial charge on any atom is 0.337 e. The Kier molecular flexibility index (Phi) is 3.79. The first-order valence-electron chi connectivity index (χ1n) is 6.03. The topological polar surface area (TPSA) is 82.2 Å². The number of aryl methyl sites for hydroxylation is 2. The van der Waals surface area contributed by atoms with Gasteiger partial charge in [0.1, 0.15) is 17.1 Å². The van der Waals surface area contributed by atoms with Gasteiger partial charge < -0.3 is 10.2 Å². The lowest BCUT2D eigenvalue weighted by molar-refractivity contribution is 0.0698. The zero-order chi connectivity index (χ0) is 14.7. The van der Waals surface area contributed by atoms with E-state index in [2.05, 4.69) is 10.2 Å². The molecule has 0 aliphatic heterocycles. The van der Waals surface area contributed by atoms with E-state index in [9.17, 15) is 9.90 Å². The number of phenols is 1. The number of phenolic OH excluding ortho intramolecular Hbond substituents is 1. The smallest absolute Gasteiger partial charge is 0.337 e. The molecular weight excluding hydrogens is 256 g/mol. The van der Waals surface area contributed by atoms with Crippen molar-refractivity contribution in [2.45, 2.75) is 13.8 Å². The fraction of sp³-hybridized carbons (Fsp3) is 0.133. The summed E-state index contributed by atoms with van der Waals surface area (Å²) in [6.45, 7) is 3.79. The fourth-order valence-electron chi connectivity index (χ4n) is 1.72. The highest BCUT2D eigenvalue weighted by Gasteiger charge is 2.09. The zero-order valence-corrected chi connectivity index (χ0v) is 11.2.